The molecule has 1 fully saturated rings. The van der Waals surface area contributed by atoms with E-state index in [0.29, 0.717) is 13.1 Å². The van der Waals surface area contributed by atoms with Crippen LogP contribution in [-0.4, -0.2) is 64.5 Å². The number of aryl methyl sites for hydroxylation is 2. The highest BCUT2D eigenvalue weighted by molar-refractivity contribution is 5.88. The Kier molecular flexibility index (Phi) is 8.02. The second-order valence-corrected chi connectivity index (χ2v) is 8.02. The van der Waals surface area contributed by atoms with Crippen LogP contribution in [0.25, 0.3) is 0 Å². The minimum absolute atomic E-state index is 0.0308. The molecule has 1 aromatic heterocycles. The molecule has 30 heavy (non-hydrogen) atoms. The lowest BCUT2D eigenvalue weighted by atomic mass is 10.1. The van der Waals surface area contributed by atoms with E-state index >= 15 is 0 Å². The normalized spacial score (nSPS) is 17.0. The van der Waals surface area contributed by atoms with Gasteiger partial charge in [-0.3, -0.25) is 19.6 Å². The topological polar surface area (TPSA) is 81.3 Å². The van der Waals surface area contributed by atoms with Gasteiger partial charge in [0.05, 0.1) is 30.4 Å². The van der Waals surface area contributed by atoms with Crippen LogP contribution in [0.15, 0.2) is 36.4 Å². The van der Waals surface area contributed by atoms with Crippen molar-refractivity contribution >= 4 is 11.8 Å². The zero-order valence-corrected chi connectivity index (χ0v) is 18.1. The first kappa shape index (κ1) is 22.0. The molecule has 0 spiro atoms. The number of aromatic nitrogens is 2. The number of H-pyrrole nitrogens is 1. The van der Waals surface area contributed by atoms with Gasteiger partial charge in [-0.05, 0) is 37.4 Å². The largest absolute Gasteiger partial charge is 0.353 e. The molecule has 7 heteroatoms. The van der Waals surface area contributed by atoms with Crippen molar-refractivity contribution in [3.05, 3.63) is 53.3 Å². The van der Waals surface area contributed by atoms with Crippen LogP contribution in [0.5, 0.6) is 0 Å². The van der Waals surface area contributed by atoms with Gasteiger partial charge in [0.2, 0.25) is 11.8 Å². The molecule has 1 aliphatic heterocycles. The van der Waals surface area contributed by atoms with Gasteiger partial charge in [-0.15, -0.1) is 0 Å². The Morgan fingerprint density at radius 1 is 1.27 bits per heavy atom. The molecule has 0 bridgehead atoms. The Bertz CT molecular complexity index is 820. The molecule has 0 aliphatic carbocycles. The summed E-state index contributed by atoms with van der Waals surface area (Å²) in [4.78, 5) is 29.1. The smallest absolute Gasteiger partial charge is 0.237 e. The Balaban J connectivity index is 1.52. The van der Waals surface area contributed by atoms with Crippen LogP contribution in [0.2, 0.25) is 0 Å². The fourth-order valence-electron chi connectivity index (χ4n) is 3.92. The summed E-state index contributed by atoms with van der Waals surface area (Å²) in [6.45, 7) is 4.82. The van der Waals surface area contributed by atoms with Crippen LogP contribution in [-0.2, 0) is 29.0 Å². The summed E-state index contributed by atoms with van der Waals surface area (Å²) < 4.78 is 0. The number of aromatic amines is 1. The fraction of sp³-hybridized carbons (Fsp3) is 0.522. The van der Waals surface area contributed by atoms with Crippen molar-refractivity contribution in [3.8, 4) is 0 Å². The van der Waals surface area contributed by atoms with Crippen LogP contribution in [0.4, 0.5) is 0 Å². The number of benzene rings is 1. The predicted octanol–water partition coefficient (Wildman–Crippen LogP) is 2.14. The Morgan fingerprint density at radius 3 is 2.83 bits per heavy atom. The van der Waals surface area contributed by atoms with Crippen molar-refractivity contribution < 1.29 is 9.59 Å². The minimum atomic E-state index is -0.401. The predicted molar refractivity (Wildman–Crippen MR) is 117 cm³/mol. The number of hydrogen-bond acceptors (Lipinski definition) is 4. The average molecular weight is 412 g/mol. The van der Waals surface area contributed by atoms with Crippen molar-refractivity contribution in [1.29, 1.82) is 0 Å². The van der Waals surface area contributed by atoms with E-state index in [1.165, 1.54) is 5.56 Å². The third kappa shape index (κ3) is 6.16. The molecule has 3 rings (SSSR count). The number of hydrogen-bond donors (Lipinski definition) is 2. The number of nitrogens with one attached hydrogen (secondary N) is 2. The van der Waals surface area contributed by atoms with E-state index in [4.69, 9.17) is 0 Å². The highest BCUT2D eigenvalue weighted by atomic mass is 16.2. The maximum atomic E-state index is 12.8. The summed E-state index contributed by atoms with van der Waals surface area (Å²) in [5, 5.41) is 10.2. The number of carbonyl (C=O) groups is 2. The van der Waals surface area contributed by atoms with Crippen molar-refractivity contribution in [3.63, 3.8) is 0 Å². The lowest BCUT2D eigenvalue weighted by molar-refractivity contribution is -0.138. The number of carbonyl (C=O) groups excluding carboxylic acids is 2. The van der Waals surface area contributed by atoms with E-state index in [2.05, 4.69) is 39.5 Å². The van der Waals surface area contributed by atoms with E-state index < -0.39 is 6.04 Å². The molecular formula is C23H33N5O2. The van der Waals surface area contributed by atoms with E-state index in [-0.39, 0.29) is 18.2 Å². The van der Waals surface area contributed by atoms with E-state index in [1.54, 1.807) is 11.9 Å². The fourth-order valence-corrected chi connectivity index (χ4v) is 3.92. The first-order chi connectivity index (χ1) is 14.6. The zero-order valence-electron chi connectivity index (χ0n) is 18.1. The lowest BCUT2D eigenvalue weighted by Crippen LogP contribution is -2.56. The summed E-state index contributed by atoms with van der Waals surface area (Å²) >= 11 is 0. The first-order valence-corrected chi connectivity index (χ1v) is 10.9. The van der Waals surface area contributed by atoms with Crippen LogP contribution in [0.1, 0.15) is 43.1 Å². The number of amides is 2. The molecule has 1 aliphatic rings. The van der Waals surface area contributed by atoms with Gasteiger partial charge in [-0.2, -0.15) is 5.10 Å². The molecule has 1 saturated heterocycles. The van der Waals surface area contributed by atoms with Gasteiger partial charge in [0.1, 0.15) is 0 Å². The van der Waals surface area contributed by atoms with Crippen LogP contribution in [0, 0.1) is 0 Å². The number of nitrogens with zero attached hydrogens (tertiary/aromatic N) is 3. The molecule has 1 aromatic carbocycles. The summed E-state index contributed by atoms with van der Waals surface area (Å²) in [5.41, 5.74) is 3.24. The SMILES string of the molecule is CCCc1cc(CN(C)C(=O)CC2C(=O)NCCN2CCCc2ccccc2)[nH]n1. The van der Waals surface area contributed by atoms with Crippen LogP contribution in [0.3, 0.4) is 0 Å². The highest BCUT2D eigenvalue weighted by Gasteiger charge is 2.32. The second-order valence-electron chi connectivity index (χ2n) is 8.02. The maximum Gasteiger partial charge on any atom is 0.237 e. The highest BCUT2D eigenvalue weighted by Crippen LogP contribution is 2.14. The van der Waals surface area contributed by atoms with Crippen molar-refractivity contribution in [2.24, 2.45) is 0 Å². The van der Waals surface area contributed by atoms with Crippen molar-refractivity contribution in [1.82, 2.24) is 25.3 Å². The Morgan fingerprint density at radius 2 is 2.07 bits per heavy atom. The molecule has 2 heterocycles. The van der Waals surface area contributed by atoms with Crippen molar-refractivity contribution in [2.45, 2.75) is 51.6 Å². The second kappa shape index (κ2) is 10.9. The summed E-state index contributed by atoms with van der Waals surface area (Å²) in [6.07, 6.45) is 4.10. The first-order valence-electron chi connectivity index (χ1n) is 10.9. The molecule has 1 atom stereocenters. The van der Waals surface area contributed by atoms with Gasteiger partial charge in [-0.25, -0.2) is 0 Å². The van der Waals surface area contributed by atoms with Gasteiger partial charge >= 0.3 is 0 Å². The van der Waals surface area contributed by atoms with Gasteiger partial charge in [0.25, 0.3) is 0 Å². The summed E-state index contributed by atoms with van der Waals surface area (Å²) in [7, 11) is 1.78. The van der Waals surface area contributed by atoms with E-state index in [9.17, 15) is 9.59 Å². The van der Waals surface area contributed by atoms with E-state index in [0.717, 1.165) is 50.2 Å². The standard InChI is InChI=1S/C23H33N5O2/c1-3-8-19-15-20(26-25-19)17-27(2)22(29)16-21-23(30)24-12-14-28(21)13-7-11-18-9-5-4-6-10-18/h4-6,9-10,15,21H,3,7-8,11-14,16-17H2,1-2H3,(H,24,30)(H,25,26). The molecule has 2 N–H and O–H groups in total. The third-order valence-corrected chi connectivity index (χ3v) is 5.59. The van der Waals surface area contributed by atoms with Gasteiger partial charge in [0.15, 0.2) is 0 Å². The average Bonchev–Trinajstić information content (AvgIpc) is 3.18. The molecule has 0 radical (unpaired) electrons. The van der Waals surface area contributed by atoms with Crippen molar-refractivity contribution in [2.75, 3.05) is 26.7 Å². The molecule has 162 valence electrons. The van der Waals surface area contributed by atoms with Gasteiger partial charge in [0, 0.05) is 20.1 Å². The molecule has 0 saturated carbocycles. The van der Waals surface area contributed by atoms with Gasteiger partial charge in [-0.1, -0.05) is 43.7 Å². The monoisotopic (exact) mass is 411 g/mol. The van der Waals surface area contributed by atoms with E-state index in [1.807, 2.05) is 24.3 Å². The zero-order chi connectivity index (χ0) is 21.3. The summed E-state index contributed by atoms with van der Waals surface area (Å²) in [5.74, 6) is -0.0776. The third-order valence-electron chi connectivity index (χ3n) is 5.59. The molecule has 7 nitrogen and oxygen atoms in total. The molecule has 1 unspecified atom stereocenters. The molecule has 2 amide bonds. The molecule has 2 aromatic rings. The number of rotatable bonds is 10. The van der Waals surface area contributed by atoms with Crippen LogP contribution >= 0.6 is 0 Å². The minimum Gasteiger partial charge on any atom is -0.353 e. The molecular weight excluding hydrogens is 378 g/mol. The number of piperazine rings is 1. The lowest BCUT2D eigenvalue weighted by Gasteiger charge is -2.35. The maximum absolute atomic E-state index is 12.8. The van der Waals surface area contributed by atoms with Gasteiger partial charge < -0.3 is 10.2 Å². The quantitative estimate of drug-likeness (QED) is 0.628. The Labute approximate surface area is 178 Å². The summed E-state index contributed by atoms with van der Waals surface area (Å²) in [6, 6.07) is 12.0. The Hall–Kier alpha value is -2.67. The van der Waals surface area contributed by atoms with Crippen LogP contribution < -0.4 is 5.32 Å².